The number of nitrogens with one attached hydrogen (secondary N) is 1. The topological polar surface area (TPSA) is 55.1 Å². The van der Waals surface area contributed by atoms with E-state index in [2.05, 4.69) is 26.4 Å². The first kappa shape index (κ1) is 15.4. The van der Waals surface area contributed by atoms with E-state index in [-0.39, 0.29) is 11.7 Å². The second kappa shape index (κ2) is 6.34. The quantitative estimate of drug-likeness (QED) is 0.715. The number of carbonyl (C=O) groups is 1. The summed E-state index contributed by atoms with van der Waals surface area (Å²) in [5.41, 5.74) is 1.96. The predicted octanol–water partition coefficient (Wildman–Crippen LogP) is 4.80. The Morgan fingerprint density at radius 2 is 1.87 bits per heavy atom. The SMILES string of the molecule is Cc1onc(-c2ccc(F)cc2)c1C(=O)Nc1ccccc1Br. The van der Waals surface area contributed by atoms with E-state index in [1.165, 1.54) is 12.1 Å². The fourth-order valence-electron chi connectivity index (χ4n) is 2.19. The second-order valence-corrected chi connectivity index (χ2v) is 5.76. The maximum absolute atomic E-state index is 13.1. The first-order valence-electron chi connectivity index (χ1n) is 6.84. The van der Waals surface area contributed by atoms with Crippen LogP contribution in [-0.2, 0) is 0 Å². The summed E-state index contributed by atoms with van der Waals surface area (Å²) in [5, 5.41) is 6.75. The van der Waals surface area contributed by atoms with Crippen LogP contribution in [0.3, 0.4) is 0 Å². The first-order chi connectivity index (χ1) is 11.1. The predicted molar refractivity (Wildman–Crippen MR) is 88.7 cm³/mol. The summed E-state index contributed by atoms with van der Waals surface area (Å²) in [6, 6.07) is 13.0. The number of halogens is 2. The third-order valence-electron chi connectivity index (χ3n) is 3.33. The van der Waals surface area contributed by atoms with Gasteiger partial charge in [-0.15, -0.1) is 0 Å². The number of rotatable bonds is 3. The van der Waals surface area contributed by atoms with Crippen LogP contribution in [0.5, 0.6) is 0 Å². The van der Waals surface area contributed by atoms with Crippen molar-refractivity contribution in [2.24, 2.45) is 0 Å². The van der Waals surface area contributed by atoms with Crippen LogP contribution in [0.4, 0.5) is 10.1 Å². The van der Waals surface area contributed by atoms with Crippen molar-refractivity contribution in [1.82, 2.24) is 5.16 Å². The summed E-state index contributed by atoms with van der Waals surface area (Å²) >= 11 is 3.38. The smallest absolute Gasteiger partial charge is 0.261 e. The van der Waals surface area contributed by atoms with Crippen molar-refractivity contribution in [2.45, 2.75) is 6.92 Å². The molecule has 0 fully saturated rings. The van der Waals surface area contributed by atoms with Crippen molar-refractivity contribution < 1.29 is 13.7 Å². The highest BCUT2D eigenvalue weighted by atomic mass is 79.9. The van der Waals surface area contributed by atoms with E-state index < -0.39 is 0 Å². The highest BCUT2D eigenvalue weighted by Crippen LogP contribution is 2.28. The molecule has 0 unspecified atom stereocenters. The lowest BCUT2D eigenvalue weighted by molar-refractivity contribution is 0.102. The van der Waals surface area contributed by atoms with Crippen LogP contribution in [0.1, 0.15) is 16.1 Å². The van der Waals surface area contributed by atoms with Crippen molar-refractivity contribution in [3.63, 3.8) is 0 Å². The van der Waals surface area contributed by atoms with Gasteiger partial charge in [0.25, 0.3) is 5.91 Å². The largest absolute Gasteiger partial charge is 0.360 e. The molecule has 0 aliphatic heterocycles. The van der Waals surface area contributed by atoms with Gasteiger partial charge in [-0.1, -0.05) is 17.3 Å². The highest BCUT2D eigenvalue weighted by Gasteiger charge is 2.22. The number of para-hydroxylation sites is 1. The van der Waals surface area contributed by atoms with E-state index in [4.69, 9.17) is 4.52 Å². The number of nitrogens with zero attached hydrogens (tertiary/aromatic N) is 1. The summed E-state index contributed by atoms with van der Waals surface area (Å²) in [5.74, 6) is -0.294. The van der Waals surface area contributed by atoms with Gasteiger partial charge in [0.1, 0.15) is 22.8 Å². The Balaban J connectivity index is 1.97. The lowest BCUT2D eigenvalue weighted by Gasteiger charge is -2.07. The molecule has 3 aromatic rings. The van der Waals surface area contributed by atoms with E-state index in [9.17, 15) is 9.18 Å². The summed E-state index contributed by atoms with van der Waals surface area (Å²) in [6.07, 6.45) is 0. The van der Waals surface area contributed by atoms with Gasteiger partial charge in [-0.05, 0) is 59.3 Å². The fourth-order valence-corrected chi connectivity index (χ4v) is 2.58. The van der Waals surface area contributed by atoms with Gasteiger partial charge in [0.15, 0.2) is 0 Å². The van der Waals surface area contributed by atoms with Gasteiger partial charge >= 0.3 is 0 Å². The van der Waals surface area contributed by atoms with Crippen LogP contribution in [0.15, 0.2) is 57.5 Å². The number of hydrogen-bond acceptors (Lipinski definition) is 3. The van der Waals surface area contributed by atoms with E-state index in [1.807, 2.05) is 18.2 Å². The molecule has 1 heterocycles. The number of hydrogen-bond donors (Lipinski definition) is 1. The molecule has 1 N–H and O–H groups in total. The first-order valence-corrected chi connectivity index (χ1v) is 7.63. The van der Waals surface area contributed by atoms with Gasteiger partial charge < -0.3 is 9.84 Å². The molecule has 116 valence electrons. The van der Waals surface area contributed by atoms with E-state index in [0.29, 0.717) is 28.3 Å². The number of aromatic nitrogens is 1. The minimum Gasteiger partial charge on any atom is -0.360 e. The Bertz CT molecular complexity index is 859. The van der Waals surface area contributed by atoms with Crippen LogP contribution in [0.25, 0.3) is 11.3 Å². The molecule has 2 aromatic carbocycles. The molecular formula is C17H12BrFN2O2. The molecule has 4 nitrogen and oxygen atoms in total. The average molecular weight is 375 g/mol. The molecule has 0 saturated heterocycles. The zero-order valence-corrected chi connectivity index (χ0v) is 13.7. The number of benzene rings is 2. The molecule has 0 atom stereocenters. The van der Waals surface area contributed by atoms with E-state index in [1.54, 1.807) is 25.1 Å². The van der Waals surface area contributed by atoms with Crippen LogP contribution in [-0.4, -0.2) is 11.1 Å². The van der Waals surface area contributed by atoms with Gasteiger partial charge in [-0.3, -0.25) is 4.79 Å². The summed E-state index contributed by atoms with van der Waals surface area (Å²) in [4.78, 5) is 12.6. The van der Waals surface area contributed by atoms with Gasteiger partial charge in [-0.2, -0.15) is 0 Å². The molecule has 3 rings (SSSR count). The zero-order valence-electron chi connectivity index (χ0n) is 12.1. The monoisotopic (exact) mass is 374 g/mol. The Labute approximate surface area is 140 Å². The van der Waals surface area contributed by atoms with Crippen LogP contribution in [0.2, 0.25) is 0 Å². The Hall–Kier alpha value is -2.47. The van der Waals surface area contributed by atoms with Crippen molar-refractivity contribution in [2.75, 3.05) is 5.32 Å². The van der Waals surface area contributed by atoms with Gasteiger partial charge in [0, 0.05) is 10.0 Å². The van der Waals surface area contributed by atoms with Crippen LogP contribution in [0, 0.1) is 12.7 Å². The number of anilines is 1. The van der Waals surface area contributed by atoms with Crippen molar-refractivity contribution in [1.29, 1.82) is 0 Å². The molecule has 0 saturated carbocycles. The number of aryl methyl sites for hydroxylation is 1. The molecule has 0 spiro atoms. The third kappa shape index (κ3) is 3.17. The highest BCUT2D eigenvalue weighted by molar-refractivity contribution is 9.10. The molecule has 1 aromatic heterocycles. The lowest BCUT2D eigenvalue weighted by atomic mass is 10.1. The van der Waals surface area contributed by atoms with Crippen LogP contribution >= 0.6 is 15.9 Å². The normalized spacial score (nSPS) is 10.6. The van der Waals surface area contributed by atoms with Crippen molar-refractivity contribution in [3.05, 3.63) is 70.1 Å². The van der Waals surface area contributed by atoms with E-state index in [0.717, 1.165) is 4.47 Å². The minimum absolute atomic E-state index is 0.326. The summed E-state index contributed by atoms with van der Waals surface area (Å²) in [7, 11) is 0. The summed E-state index contributed by atoms with van der Waals surface area (Å²) < 4.78 is 19.0. The Kier molecular flexibility index (Phi) is 4.25. The van der Waals surface area contributed by atoms with Gasteiger partial charge in [0.05, 0.1) is 5.69 Å². The molecular weight excluding hydrogens is 363 g/mol. The molecule has 0 bridgehead atoms. The fraction of sp³-hybridized carbons (Fsp3) is 0.0588. The summed E-state index contributed by atoms with van der Waals surface area (Å²) in [6.45, 7) is 1.66. The Morgan fingerprint density at radius 3 is 2.57 bits per heavy atom. The number of amides is 1. The van der Waals surface area contributed by atoms with Crippen LogP contribution < -0.4 is 5.32 Å². The standard InChI is InChI=1S/C17H12BrFN2O2/c1-10-15(17(22)20-14-5-3-2-4-13(14)18)16(21-23-10)11-6-8-12(19)9-7-11/h2-9H,1H3,(H,20,22). The maximum Gasteiger partial charge on any atom is 0.261 e. The molecule has 23 heavy (non-hydrogen) atoms. The third-order valence-corrected chi connectivity index (χ3v) is 4.02. The van der Waals surface area contributed by atoms with Crippen molar-refractivity contribution in [3.8, 4) is 11.3 Å². The Morgan fingerprint density at radius 1 is 1.17 bits per heavy atom. The zero-order chi connectivity index (χ0) is 16.4. The molecule has 1 amide bonds. The molecule has 6 heteroatoms. The molecule has 0 aliphatic rings. The maximum atomic E-state index is 13.1. The van der Waals surface area contributed by atoms with Gasteiger partial charge in [-0.25, -0.2) is 4.39 Å². The van der Waals surface area contributed by atoms with E-state index >= 15 is 0 Å². The second-order valence-electron chi connectivity index (χ2n) is 4.90. The van der Waals surface area contributed by atoms with Crippen molar-refractivity contribution >= 4 is 27.5 Å². The molecule has 0 radical (unpaired) electrons. The van der Waals surface area contributed by atoms with Gasteiger partial charge in [0.2, 0.25) is 0 Å². The molecule has 0 aliphatic carbocycles. The lowest BCUT2D eigenvalue weighted by Crippen LogP contribution is -2.13. The minimum atomic E-state index is -0.354. The average Bonchev–Trinajstić information content (AvgIpc) is 2.92. The number of carbonyl (C=O) groups excluding carboxylic acids is 1.